The van der Waals surface area contributed by atoms with Crippen molar-refractivity contribution in [2.45, 2.75) is 20.0 Å². The van der Waals surface area contributed by atoms with Gasteiger partial charge in [0, 0.05) is 13.6 Å². The summed E-state index contributed by atoms with van der Waals surface area (Å²) in [6, 6.07) is 4.32. The molecule has 2 N–H and O–H groups in total. The van der Waals surface area contributed by atoms with Crippen molar-refractivity contribution in [3.63, 3.8) is 0 Å². The third kappa shape index (κ3) is 3.92. The van der Waals surface area contributed by atoms with Crippen molar-refractivity contribution >= 4 is 17.3 Å². The number of hydrogen-bond donors (Lipinski definition) is 1. The SMILES string of the molecule is CC(C)OCCN(C)C(=O)c1cccc(N)c1[N+](=O)[O-]. The summed E-state index contributed by atoms with van der Waals surface area (Å²) in [5.41, 5.74) is 5.18. The first-order chi connectivity index (χ1) is 9.34. The number of para-hydroxylation sites is 1. The van der Waals surface area contributed by atoms with E-state index in [2.05, 4.69) is 0 Å². The second kappa shape index (κ2) is 6.85. The Hall–Kier alpha value is -2.15. The standard InChI is InChI=1S/C13H19N3O4/c1-9(2)20-8-7-15(3)13(17)10-5-4-6-11(14)12(10)16(18)19/h4-6,9H,7-8,14H2,1-3H3. The van der Waals surface area contributed by atoms with Gasteiger partial charge < -0.3 is 15.4 Å². The van der Waals surface area contributed by atoms with Crippen molar-refractivity contribution in [3.05, 3.63) is 33.9 Å². The Bertz CT molecular complexity index is 502. The lowest BCUT2D eigenvalue weighted by atomic mass is 10.1. The maximum absolute atomic E-state index is 12.2. The van der Waals surface area contributed by atoms with E-state index in [-0.39, 0.29) is 23.0 Å². The van der Waals surface area contributed by atoms with Gasteiger partial charge in [-0.3, -0.25) is 14.9 Å². The first-order valence-electron chi connectivity index (χ1n) is 6.24. The number of likely N-dealkylation sites (N-methyl/N-ethyl adjacent to an activating group) is 1. The second-order valence-electron chi connectivity index (χ2n) is 4.65. The molecule has 0 aliphatic carbocycles. The number of amides is 1. The van der Waals surface area contributed by atoms with E-state index in [9.17, 15) is 14.9 Å². The molecule has 1 amide bonds. The van der Waals surface area contributed by atoms with E-state index in [0.717, 1.165) is 0 Å². The first kappa shape index (κ1) is 15.9. The van der Waals surface area contributed by atoms with Gasteiger partial charge in [-0.25, -0.2) is 0 Å². The fourth-order valence-electron chi connectivity index (χ4n) is 1.67. The largest absolute Gasteiger partial charge is 0.393 e. The molecule has 0 spiro atoms. The maximum Gasteiger partial charge on any atom is 0.304 e. The van der Waals surface area contributed by atoms with Crippen molar-refractivity contribution < 1.29 is 14.5 Å². The molecular formula is C13H19N3O4. The van der Waals surface area contributed by atoms with E-state index in [4.69, 9.17) is 10.5 Å². The number of carbonyl (C=O) groups excluding carboxylic acids is 1. The fraction of sp³-hybridized carbons (Fsp3) is 0.462. The van der Waals surface area contributed by atoms with Crippen LogP contribution < -0.4 is 5.73 Å². The number of nitrogen functional groups attached to an aromatic ring is 1. The highest BCUT2D eigenvalue weighted by atomic mass is 16.6. The van der Waals surface area contributed by atoms with E-state index in [0.29, 0.717) is 13.2 Å². The van der Waals surface area contributed by atoms with Crippen LogP contribution in [-0.2, 0) is 4.74 Å². The minimum absolute atomic E-state index is 0.0120. The lowest BCUT2D eigenvalue weighted by Crippen LogP contribution is -2.31. The molecular weight excluding hydrogens is 262 g/mol. The number of nitro benzene ring substituents is 1. The van der Waals surface area contributed by atoms with Gasteiger partial charge in [-0.15, -0.1) is 0 Å². The predicted octanol–water partition coefficient (Wildman–Crippen LogP) is 1.67. The number of rotatable bonds is 6. The van der Waals surface area contributed by atoms with Gasteiger partial charge >= 0.3 is 5.69 Å². The molecule has 20 heavy (non-hydrogen) atoms. The van der Waals surface area contributed by atoms with Gasteiger partial charge in [-0.1, -0.05) is 6.07 Å². The van der Waals surface area contributed by atoms with Crippen LogP contribution in [0, 0.1) is 10.1 Å². The van der Waals surface area contributed by atoms with Crippen LogP contribution in [0.15, 0.2) is 18.2 Å². The quantitative estimate of drug-likeness (QED) is 0.486. The number of hydrogen-bond acceptors (Lipinski definition) is 5. The highest BCUT2D eigenvalue weighted by Crippen LogP contribution is 2.26. The average molecular weight is 281 g/mol. The highest BCUT2D eigenvalue weighted by Gasteiger charge is 2.25. The zero-order valence-electron chi connectivity index (χ0n) is 11.8. The van der Waals surface area contributed by atoms with Crippen molar-refractivity contribution in [2.24, 2.45) is 0 Å². The summed E-state index contributed by atoms with van der Waals surface area (Å²) in [6.07, 6.45) is 0.0696. The second-order valence-corrected chi connectivity index (χ2v) is 4.65. The highest BCUT2D eigenvalue weighted by molar-refractivity contribution is 6.00. The Labute approximate surface area is 117 Å². The molecule has 1 aromatic carbocycles. The minimum atomic E-state index is -0.638. The maximum atomic E-state index is 12.2. The predicted molar refractivity (Wildman–Crippen MR) is 75.6 cm³/mol. The normalized spacial score (nSPS) is 10.6. The number of nitro groups is 1. The van der Waals surface area contributed by atoms with Crippen LogP contribution >= 0.6 is 0 Å². The van der Waals surface area contributed by atoms with Crippen LogP contribution in [0.2, 0.25) is 0 Å². The number of nitrogens with zero attached hydrogens (tertiary/aromatic N) is 2. The molecule has 0 atom stereocenters. The molecule has 110 valence electrons. The van der Waals surface area contributed by atoms with Crippen LogP contribution in [0.3, 0.4) is 0 Å². The molecule has 0 saturated carbocycles. The molecule has 7 nitrogen and oxygen atoms in total. The van der Waals surface area contributed by atoms with E-state index in [1.807, 2.05) is 13.8 Å². The van der Waals surface area contributed by atoms with Gasteiger partial charge in [0.15, 0.2) is 0 Å². The summed E-state index contributed by atoms with van der Waals surface area (Å²) >= 11 is 0. The topological polar surface area (TPSA) is 98.7 Å². The Morgan fingerprint density at radius 3 is 2.70 bits per heavy atom. The summed E-state index contributed by atoms with van der Waals surface area (Å²) in [5.74, 6) is -0.448. The summed E-state index contributed by atoms with van der Waals surface area (Å²) in [4.78, 5) is 24.0. The van der Waals surface area contributed by atoms with Gasteiger partial charge in [0.25, 0.3) is 5.91 Å². The zero-order valence-corrected chi connectivity index (χ0v) is 11.8. The Morgan fingerprint density at radius 1 is 1.50 bits per heavy atom. The summed E-state index contributed by atoms with van der Waals surface area (Å²) in [5, 5.41) is 11.0. The van der Waals surface area contributed by atoms with Gasteiger partial charge in [-0.2, -0.15) is 0 Å². The lowest BCUT2D eigenvalue weighted by Gasteiger charge is -2.18. The molecule has 0 aromatic heterocycles. The molecule has 0 unspecified atom stereocenters. The number of carbonyl (C=O) groups is 1. The smallest absolute Gasteiger partial charge is 0.304 e. The molecule has 0 aliphatic rings. The molecule has 0 heterocycles. The third-order valence-corrected chi connectivity index (χ3v) is 2.70. The average Bonchev–Trinajstić information content (AvgIpc) is 2.36. The Morgan fingerprint density at radius 2 is 2.15 bits per heavy atom. The Kier molecular flexibility index (Phi) is 5.45. The van der Waals surface area contributed by atoms with Crippen molar-refractivity contribution in [1.82, 2.24) is 4.90 Å². The first-order valence-corrected chi connectivity index (χ1v) is 6.24. The third-order valence-electron chi connectivity index (χ3n) is 2.70. The van der Waals surface area contributed by atoms with Gasteiger partial charge in [0.05, 0.1) is 17.6 Å². The molecule has 7 heteroatoms. The molecule has 1 rings (SSSR count). The summed E-state index contributed by atoms with van der Waals surface area (Å²) in [7, 11) is 1.57. The summed E-state index contributed by atoms with van der Waals surface area (Å²) in [6.45, 7) is 4.51. The van der Waals surface area contributed by atoms with Crippen LogP contribution in [0.5, 0.6) is 0 Å². The van der Waals surface area contributed by atoms with Crippen molar-refractivity contribution in [3.8, 4) is 0 Å². The molecule has 0 aliphatic heterocycles. The van der Waals surface area contributed by atoms with Gasteiger partial charge in [0.1, 0.15) is 11.3 Å². The van der Waals surface area contributed by atoms with Crippen molar-refractivity contribution in [2.75, 3.05) is 25.9 Å². The van der Waals surface area contributed by atoms with E-state index < -0.39 is 10.8 Å². The van der Waals surface area contributed by atoms with E-state index in [1.54, 1.807) is 7.05 Å². The summed E-state index contributed by atoms with van der Waals surface area (Å²) < 4.78 is 5.35. The number of nitrogens with two attached hydrogens (primary N) is 1. The van der Waals surface area contributed by atoms with E-state index in [1.165, 1.54) is 23.1 Å². The van der Waals surface area contributed by atoms with Gasteiger partial charge in [-0.05, 0) is 26.0 Å². The molecule has 1 aromatic rings. The van der Waals surface area contributed by atoms with Crippen LogP contribution in [0.1, 0.15) is 24.2 Å². The fourth-order valence-corrected chi connectivity index (χ4v) is 1.67. The zero-order chi connectivity index (χ0) is 15.3. The minimum Gasteiger partial charge on any atom is -0.393 e. The van der Waals surface area contributed by atoms with Crippen molar-refractivity contribution in [1.29, 1.82) is 0 Å². The number of ether oxygens (including phenoxy) is 1. The molecule has 0 saturated heterocycles. The van der Waals surface area contributed by atoms with Crippen LogP contribution in [-0.4, -0.2) is 42.0 Å². The van der Waals surface area contributed by atoms with E-state index >= 15 is 0 Å². The number of anilines is 1. The Balaban J connectivity index is 2.87. The van der Waals surface area contributed by atoms with Crippen LogP contribution in [0.25, 0.3) is 0 Å². The number of benzene rings is 1. The molecule has 0 fully saturated rings. The van der Waals surface area contributed by atoms with Crippen LogP contribution in [0.4, 0.5) is 11.4 Å². The van der Waals surface area contributed by atoms with Gasteiger partial charge in [0.2, 0.25) is 0 Å². The molecule has 0 radical (unpaired) electrons. The molecule has 0 bridgehead atoms. The monoisotopic (exact) mass is 281 g/mol. The lowest BCUT2D eigenvalue weighted by molar-refractivity contribution is -0.384.